The van der Waals surface area contributed by atoms with Crippen LogP contribution in [0.25, 0.3) is 11.2 Å². The van der Waals surface area contributed by atoms with E-state index in [1.54, 1.807) is 30.6 Å². The van der Waals surface area contributed by atoms with Crippen molar-refractivity contribution in [2.45, 2.75) is 69.6 Å². The number of piperidine rings is 2. The number of imidazole rings is 1. The lowest BCUT2D eigenvalue weighted by molar-refractivity contribution is -0.136. The van der Waals surface area contributed by atoms with Gasteiger partial charge >= 0.3 is 0 Å². The van der Waals surface area contributed by atoms with Crippen molar-refractivity contribution in [3.05, 3.63) is 71.6 Å². The molecule has 58 heavy (non-hydrogen) atoms. The minimum absolute atomic E-state index is 0.0756. The number of ether oxygens (including phenoxy) is 2. The first-order valence-electron chi connectivity index (χ1n) is 19.9. The minimum Gasteiger partial charge on any atom is -0.383 e. The zero-order valence-electron chi connectivity index (χ0n) is 32.3. The lowest BCUT2D eigenvalue weighted by Gasteiger charge is -2.36. The number of nitrogens with one attached hydrogen (secondary N) is 4. The van der Waals surface area contributed by atoms with Crippen LogP contribution in [0.3, 0.4) is 0 Å². The summed E-state index contributed by atoms with van der Waals surface area (Å²) in [4.78, 5) is 83.8. The van der Waals surface area contributed by atoms with Crippen LogP contribution in [0.2, 0.25) is 0 Å². The number of rotatable bonds is 16. The van der Waals surface area contributed by atoms with Gasteiger partial charge in [-0.3, -0.25) is 34.2 Å². The molecule has 2 saturated heterocycles. The van der Waals surface area contributed by atoms with Crippen molar-refractivity contribution in [2.75, 3.05) is 63.2 Å². The van der Waals surface area contributed by atoms with E-state index < -0.39 is 29.7 Å². The van der Waals surface area contributed by atoms with Gasteiger partial charge in [-0.2, -0.15) is 0 Å². The van der Waals surface area contributed by atoms with Crippen LogP contribution in [-0.4, -0.2) is 135 Å². The third-order valence-corrected chi connectivity index (χ3v) is 11.2. The number of carbonyl (C=O) groups is 5. The number of fused-ring (bicyclic) bond motifs is 2. The normalized spacial score (nSPS) is 21.2. The molecule has 1 aliphatic carbocycles. The van der Waals surface area contributed by atoms with Crippen LogP contribution in [0.5, 0.6) is 0 Å². The molecule has 4 aliphatic rings. The molecular formula is C40H47N11O7. The number of imide groups is 2. The van der Waals surface area contributed by atoms with Crippen molar-refractivity contribution < 1.29 is 33.4 Å². The number of hydrogen-bond donors (Lipinski definition) is 4. The van der Waals surface area contributed by atoms with Crippen LogP contribution in [0.15, 0.2) is 49.1 Å². The smallest absolute Gasteiger partial charge is 0.270 e. The molecule has 0 radical (unpaired) electrons. The molecule has 4 aromatic rings. The molecule has 1 atom stereocenters. The highest BCUT2D eigenvalue weighted by molar-refractivity contribution is 6.23. The van der Waals surface area contributed by atoms with Gasteiger partial charge in [-0.15, -0.1) is 0 Å². The Kier molecular flexibility index (Phi) is 11.7. The highest BCUT2D eigenvalue weighted by atomic mass is 16.5. The van der Waals surface area contributed by atoms with Crippen molar-refractivity contribution in [1.29, 1.82) is 0 Å². The Morgan fingerprint density at radius 2 is 1.69 bits per heavy atom. The highest BCUT2D eigenvalue weighted by Crippen LogP contribution is 2.35. The molecule has 5 amide bonds. The van der Waals surface area contributed by atoms with Gasteiger partial charge in [-0.05, 0) is 69.4 Å². The van der Waals surface area contributed by atoms with Crippen molar-refractivity contribution in [3.8, 4) is 0 Å². The molecule has 3 fully saturated rings. The molecule has 1 unspecified atom stereocenters. The molecule has 18 heteroatoms. The van der Waals surface area contributed by atoms with E-state index in [1.807, 2.05) is 25.4 Å². The van der Waals surface area contributed by atoms with Gasteiger partial charge in [0.25, 0.3) is 17.7 Å². The van der Waals surface area contributed by atoms with Gasteiger partial charge in [0.1, 0.15) is 23.6 Å². The standard InChI is InChI=1S/C40H47N11O7/c1-24-3-2-4-31(45-24)37(53)47-27-19-28(20-27)50-23-44-34-35(42-22-43-36(34)50)46-25-9-12-49(13-10-25)14-16-58-18-17-57-15-11-41-26-5-6-29-30(21-26)40(56)51(39(29)55)32-7-8-33(52)48-38(32)54/h2-6,21-23,25,27-28,32,41H,7-20H2,1H3,(H,47,53)(H,42,43,46)(H,48,52,54). The summed E-state index contributed by atoms with van der Waals surface area (Å²) in [5.74, 6) is -1.52. The number of benzene rings is 1. The van der Waals surface area contributed by atoms with Crippen molar-refractivity contribution in [2.24, 2.45) is 0 Å². The maximum Gasteiger partial charge on any atom is 0.270 e. The van der Waals surface area contributed by atoms with Crippen molar-refractivity contribution >= 4 is 52.2 Å². The predicted octanol–water partition coefficient (Wildman–Crippen LogP) is 2.09. The predicted molar refractivity (Wildman–Crippen MR) is 210 cm³/mol. The molecule has 304 valence electrons. The Balaban J connectivity index is 0.690. The lowest BCUT2D eigenvalue weighted by atomic mass is 9.86. The van der Waals surface area contributed by atoms with E-state index in [2.05, 4.69) is 50.7 Å². The number of nitrogens with zero attached hydrogens (tertiary/aromatic N) is 7. The average molecular weight is 794 g/mol. The first kappa shape index (κ1) is 39.0. The number of anilines is 2. The second kappa shape index (κ2) is 17.3. The van der Waals surface area contributed by atoms with Crippen molar-refractivity contribution in [3.63, 3.8) is 0 Å². The number of aromatic nitrogens is 5. The minimum atomic E-state index is -0.992. The SMILES string of the molecule is Cc1cccc(C(=O)NC2CC(n3cnc4c(NC5CCN(CCOCCOCCNc6ccc7c(c6)C(=O)N(C6CCC(=O)NC6=O)C7=O)CC5)ncnc43)C2)n1. The van der Waals surface area contributed by atoms with Crippen LogP contribution >= 0.6 is 0 Å². The van der Waals surface area contributed by atoms with E-state index in [1.165, 1.54) is 0 Å². The van der Waals surface area contributed by atoms with E-state index in [-0.39, 0.29) is 48.0 Å². The third kappa shape index (κ3) is 8.53. The number of amides is 5. The first-order chi connectivity index (χ1) is 28.2. The monoisotopic (exact) mass is 793 g/mol. The summed E-state index contributed by atoms with van der Waals surface area (Å²) in [6.07, 6.45) is 7.13. The van der Waals surface area contributed by atoms with Gasteiger partial charge in [-0.1, -0.05) is 6.07 Å². The van der Waals surface area contributed by atoms with Crippen LogP contribution in [0.1, 0.15) is 81.5 Å². The zero-order valence-corrected chi connectivity index (χ0v) is 32.3. The first-order valence-corrected chi connectivity index (χ1v) is 19.9. The van der Waals surface area contributed by atoms with Crippen LogP contribution < -0.4 is 21.3 Å². The highest BCUT2D eigenvalue weighted by Gasteiger charge is 2.44. The largest absolute Gasteiger partial charge is 0.383 e. The van der Waals surface area contributed by atoms with Gasteiger partial charge < -0.3 is 34.9 Å². The summed E-state index contributed by atoms with van der Waals surface area (Å²) in [5, 5.41) is 12.1. The van der Waals surface area contributed by atoms with E-state index in [0.717, 1.165) is 72.9 Å². The molecule has 0 bridgehead atoms. The fraction of sp³-hybridized carbons (Fsp3) is 0.475. The summed E-state index contributed by atoms with van der Waals surface area (Å²) in [5.41, 5.74) is 3.92. The summed E-state index contributed by atoms with van der Waals surface area (Å²) in [6.45, 7) is 7.02. The Morgan fingerprint density at radius 3 is 2.48 bits per heavy atom. The van der Waals surface area contributed by atoms with Gasteiger partial charge in [0, 0.05) is 62.1 Å². The molecule has 1 aromatic carbocycles. The third-order valence-electron chi connectivity index (χ3n) is 11.2. The fourth-order valence-corrected chi connectivity index (χ4v) is 7.94. The molecule has 3 aromatic heterocycles. The molecule has 8 rings (SSSR count). The molecule has 18 nitrogen and oxygen atoms in total. The Hall–Kier alpha value is -5.85. The van der Waals surface area contributed by atoms with Crippen LogP contribution in [0.4, 0.5) is 11.5 Å². The van der Waals surface area contributed by atoms with Gasteiger partial charge in [0.2, 0.25) is 11.8 Å². The number of aryl methyl sites for hydroxylation is 1. The van der Waals surface area contributed by atoms with E-state index in [9.17, 15) is 24.0 Å². The number of carbonyl (C=O) groups excluding carboxylic acids is 5. The summed E-state index contributed by atoms with van der Waals surface area (Å²) in [6, 6.07) is 9.90. The molecule has 6 heterocycles. The molecule has 3 aliphatic heterocycles. The molecule has 0 spiro atoms. The Bertz CT molecular complexity index is 2200. The number of hydrogen-bond acceptors (Lipinski definition) is 14. The van der Waals surface area contributed by atoms with Crippen LogP contribution in [0, 0.1) is 6.92 Å². The van der Waals surface area contributed by atoms with Gasteiger partial charge in [-0.25, -0.2) is 19.9 Å². The summed E-state index contributed by atoms with van der Waals surface area (Å²) >= 11 is 0. The van der Waals surface area contributed by atoms with Crippen molar-refractivity contribution in [1.82, 2.24) is 44.9 Å². The van der Waals surface area contributed by atoms with E-state index in [0.29, 0.717) is 44.4 Å². The van der Waals surface area contributed by atoms with Crippen LogP contribution in [-0.2, 0) is 19.1 Å². The van der Waals surface area contributed by atoms with E-state index >= 15 is 0 Å². The number of likely N-dealkylation sites (tertiary alicyclic amines) is 1. The quantitative estimate of drug-likeness (QED) is 0.0945. The Morgan fingerprint density at radius 1 is 0.897 bits per heavy atom. The summed E-state index contributed by atoms with van der Waals surface area (Å²) in [7, 11) is 0. The second-order valence-corrected chi connectivity index (χ2v) is 15.1. The average Bonchev–Trinajstić information content (AvgIpc) is 3.74. The lowest BCUT2D eigenvalue weighted by Crippen LogP contribution is -2.54. The van der Waals surface area contributed by atoms with Gasteiger partial charge in [0.15, 0.2) is 11.5 Å². The summed E-state index contributed by atoms with van der Waals surface area (Å²) < 4.78 is 13.6. The number of pyridine rings is 1. The maximum absolute atomic E-state index is 13.0. The van der Waals surface area contributed by atoms with Gasteiger partial charge in [0.05, 0.1) is 43.9 Å². The zero-order chi connectivity index (χ0) is 40.2. The second-order valence-electron chi connectivity index (χ2n) is 15.1. The fourth-order valence-electron chi connectivity index (χ4n) is 7.94. The van der Waals surface area contributed by atoms with E-state index in [4.69, 9.17) is 9.47 Å². The topological polar surface area (TPSA) is 215 Å². The molecular weight excluding hydrogens is 747 g/mol. The molecule has 1 saturated carbocycles. The maximum atomic E-state index is 13.0. The molecule has 4 N–H and O–H groups in total. The Labute approximate surface area is 334 Å².